The van der Waals surface area contributed by atoms with E-state index in [-0.39, 0.29) is 11.3 Å². The number of carbonyl (C=O) groups is 1. The zero-order chi connectivity index (χ0) is 15.0. The SMILES string of the molecule is CC1CCN(C(=O)c2csc(-c3ncn[nH]3)n2)CC1(C)C. The van der Waals surface area contributed by atoms with Crippen LogP contribution in [0.4, 0.5) is 0 Å². The molecule has 1 saturated heterocycles. The van der Waals surface area contributed by atoms with Crippen LogP contribution < -0.4 is 0 Å². The number of nitrogens with one attached hydrogen (secondary N) is 1. The highest BCUT2D eigenvalue weighted by atomic mass is 32.1. The first-order valence-corrected chi connectivity index (χ1v) is 7.96. The molecule has 1 unspecified atom stereocenters. The minimum absolute atomic E-state index is 0.0111. The van der Waals surface area contributed by atoms with Crippen molar-refractivity contribution in [1.29, 1.82) is 0 Å². The number of rotatable bonds is 2. The minimum Gasteiger partial charge on any atom is -0.337 e. The van der Waals surface area contributed by atoms with E-state index in [1.165, 1.54) is 17.7 Å². The zero-order valence-corrected chi connectivity index (χ0v) is 13.3. The molecule has 112 valence electrons. The zero-order valence-electron chi connectivity index (χ0n) is 12.5. The maximum atomic E-state index is 12.6. The molecule has 7 heteroatoms. The normalized spacial score (nSPS) is 21.5. The van der Waals surface area contributed by atoms with Crippen LogP contribution in [0.3, 0.4) is 0 Å². The van der Waals surface area contributed by atoms with Gasteiger partial charge in [0.15, 0.2) is 10.8 Å². The van der Waals surface area contributed by atoms with Gasteiger partial charge in [0.25, 0.3) is 5.91 Å². The molecule has 1 amide bonds. The number of aromatic amines is 1. The fourth-order valence-corrected chi connectivity index (χ4v) is 3.33. The Bertz CT molecular complexity index is 634. The fraction of sp³-hybridized carbons (Fsp3) is 0.571. The number of carbonyl (C=O) groups excluding carboxylic acids is 1. The van der Waals surface area contributed by atoms with E-state index in [2.05, 4.69) is 40.9 Å². The molecule has 0 aliphatic carbocycles. The second-order valence-electron chi connectivity index (χ2n) is 6.28. The quantitative estimate of drug-likeness (QED) is 0.924. The van der Waals surface area contributed by atoms with Crippen molar-refractivity contribution in [1.82, 2.24) is 25.1 Å². The Kier molecular flexibility index (Phi) is 3.52. The predicted molar refractivity (Wildman–Crippen MR) is 81.0 cm³/mol. The summed E-state index contributed by atoms with van der Waals surface area (Å²) in [5.74, 6) is 1.24. The van der Waals surface area contributed by atoms with E-state index >= 15 is 0 Å². The van der Waals surface area contributed by atoms with Gasteiger partial charge in [0.2, 0.25) is 0 Å². The van der Waals surface area contributed by atoms with Gasteiger partial charge in [0.1, 0.15) is 12.0 Å². The van der Waals surface area contributed by atoms with Gasteiger partial charge in [-0.2, -0.15) is 5.10 Å². The molecule has 1 atom stereocenters. The third-order valence-electron chi connectivity index (χ3n) is 4.39. The molecule has 0 radical (unpaired) electrons. The molecule has 2 aromatic heterocycles. The number of nitrogens with zero attached hydrogens (tertiary/aromatic N) is 4. The molecule has 2 aromatic rings. The third-order valence-corrected chi connectivity index (χ3v) is 5.24. The van der Waals surface area contributed by atoms with Crippen LogP contribution in [-0.2, 0) is 0 Å². The fourth-order valence-electron chi connectivity index (χ4n) is 2.59. The minimum atomic E-state index is 0.0111. The largest absolute Gasteiger partial charge is 0.337 e. The smallest absolute Gasteiger partial charge is 0.273 e. The molecule has 3 heterocycles. The number of hydrogen-bond donors (Lipinski definition) is 1. The van der Waals surface area contributed by atoms with E-state index in [0.29, 0.717) is 22.4 Å². The average molecular weight is 305 g/mol. The third kappa shape index (κ3) is 2.70. The summed E-state index contributed by atoms with van der Waals surface area (Å²) in [6.07, 6.45) is 2.48. The number of likely N-dealkylation sites (tertiary alicyclic amines) is 1. The van der Waals surface area contributed by atoms with E-state index in [1.54, 1.807) is 5.38 Å². The molecule has 3 rings (SSSR count). The van der Waals surface area contributed by atoms with Gasteiger partial charge < -0.3 is 4.90 Å². The van der Waals surface area contributed by atoms with Crippen molar-refractivity contribution in [3.05, 3.63) is 17.4 Å². The van der Waals surface area contributed by atoms with Crippen molar-refractivity contribution < 1.29 is 4.79 Å². The maximum Gasteiger partial charge on any atom is 0.273 e. The summed E-state index contributed by atoms with van der Waals surface area (Å²) < 4.78 is 0. The second-order valence-corrected chi connectivity index (χ2v) is 7.14. The van der Waals surface area contributed by atoms with Crippen molar-refractivity contribution in [2.24, 2.45) is 11.3 Å². The first-order valence-electron chi connectivity index (χ1n) is 7.08. The highest BCUT2D eigenvalue weighted by molar-refractivity contribution is 7.13. The summed E-state index contributed by atoms with van der Waals surface area (Å²) in [6.45, 7) is 8.28. The molecule has 0 bridgehead atoms. The number of hydrogen-bond acceptors (Lipinski definition) is 5. The van der Waals surface area contributed by atoms with Crippen molar-refractivity contribution >= 4 is 17.2 Å². The number of amides is 1. The van der Waals surface area contributed by atoms with Gasteiger partial charge in [-0.1, -0.05) is 20.8 Å². The van der Waals surface area contributed by atoms with Crippen molar-refractivity contribution in [2.45, 2.75) is 27.2 Å². The molecule has 0 aromatic carbocycles. The number of thiazole rings is 1. The summed E-state index contributed by atoms with van der Waals surface area (Å²) in [5, 5.41) is 9.06. The van der Waals surface area contributed by atoms with Crippen LogP contribution in [0, 0.1) is 11.3 Å². The topological polar surface area (TPSA) is 74.8 Å². The first-order chi connectivity index (χ1) is 9.97. The van der Waals surface area contributed by atoms with Gasteiger partial charge in [0, 0.05) is 18.5 Å². The summed E-state index contributed by atoms with van der Waals surface area (Å²) in [5.41, 5.74) is 0.647. The van der Waals surface area contributed by atoms with Crippen molar-refractivity contribution in [3.63, 3.8) is 0 Å². The average Bonchev–Trinajstić information content (AvgIpc) is 3.10. The molecular formula is C14H19N5OS. The van der Waals surface area contributed by atoms with Crippen LogP contribution in [0.1, 0.15) is 37.7 Å². The summed E-state index contributed by atoms with van der Waals surface area (Å²) in [6, 6.07) is 0. The Hall–Kier alpha value is -1.76. The van der Waals surface area contributed by atoms with E-state index < -0.39 is 0 Å². The number of H-pyrrole nitrogens is 1. The Balaban J connectivity index is 1.77. The molecule has 1 fully saturated rings. The summed E-state index contributed by atoms with van der Waals surface area (Å²) in [7, 11) is 0. The highest BCUT2D eigenvalue weighted by Gasteiger charge is 2.35. The molecule has 6 nitrogen and oxygen atoms in total. The summed E-state index contributed by atoms with van der Waals surface area (Å²) >= 11 is 1.41. The van der Waals surface area contributed by atoms with Crippen LogP contribution >= 0.6 is 11.3 Å². The Morgan fingerprint density at radius 2 is 2.33 bits per heavy atom. The molecule has 21 heavy (non-hydrogen) atoms. The van der Waals surface area contributed by atoms with E-state index in [0.717, 1.165) is 19.5 Å². The molecule has 1 aliphatic heterocycles. The molecule has 0 saturated carbocycles. The van der Waals surface area contributed by atoms with Crippen molar-refractivity contribution in [2.75, 3.05) is 13.1 Å². The van der Waals surface area contributed by atoms with Crippen LogP contribution in [0.25, 0.3) is 10.8 Å². The van der Waals surface area contributed by atoms with Gasteiger partial charge in [-0.15, -0.1) is 11.3 Å². The summed E-state index contributed by atoms with van der Waals surface area (Å²) in [4.78, 5) is 23.0. The molecular weight excluding hydrogens is 286 g/mol. The predicted octanol–water partition coefficient (Wildman–Crippen LogP) is 2.44. The van der Waals surface area contributed by atoms with Crippen LogP contribution in [0.2, 0.25) is 0 Å². The van der Waals surface area contributed by atoms with Gasteiger partial charge in [-0.25, -0.2) is 9.97 Å². The van der Waals surface area contributed by atoms with E-state index in [1.807, 2.05) is 4.90 Å². The van der Waals surface area contributed by atoms with Crippen LogP contribution in [0.15, 0.2) is 11.7 Å². The lowest BCUT2D eigenvalue weighted by molar-refractivity contribution is 0.0423. The van der Waals surface area contributed by atoms with Gasteiger partial charge in [-0.3, -0.25) is 9.89 Å². The van der Waals surface area contributed by atoms with Gasteiger partial charge in [-0.05, 0) is 17.8 Å². The van der Waals surface area contributed by atoms with Crippen LogP contribution in [0.5, 0.6) is 0 Å². The maximum absolute atomic E-state index is 12.6. The Morgan fingerprint density at radius 1 is 1.52 bits per heavy atom. The van der Waals surface area contributed by atoms with Crippen LogP contribution in [-0.4, -0.2) is 44.1 Å². The lowest BCUT2D eigenvalue weighted by Gasteiger charge is -2.42. The van der Waals surface area contributed by atoms with Crippen molar-refractivity contribution in [3.8, 4) is 10.8 Å². The number of piperidine rings is 1. The first kappa shape index (κ1) is 14.2. The highest BCUT2D eigenvalue weighted by Crippen LogP contribution is 2.35. The van der Waals surface area contributed by atoms with E-state index in [9.17, 15) is 4.79 Å². The Morgan fingerprint density at radius 3 is 3.00 bits per heavy atom. The molecule has 1 N–H and O–H groups in total. The lowest BCUT2D eigenvalue weighted by atomic mass is 9.75. The second kappa shape index (κ2) is 5.22. The molecule has 0 spiro atoms. The molecule has 1 aliphatic rings. The van der Waals surface area contributed by atoms with Gasteiger partial charge >= 0.3 is 0 Å². The standard InChI is InChI=1S/C14H19N5OS/c1-9-4-5-19(7-14(9,2)3)13(20)10-6-21-12(17-10)11-15-8-16-18-11/h6,8-9H,4-5,7H2,1-3H3,(H,15,16,18). The Labute approximate surface area is 127 Å². The monoisotopic (exact) mass is 305 g/mol. The lowest BCUT2D eigenvalue weighted by Crippen LogP contribution is -2.47. The number of aromatic nitrogens is 4. The van der Waals surface area contributed by atoms with Gasteiger partial charge in [0.05, 0.1) is 0 Å². The van der Waals surface area contributed by atoms with E-state index in [4.69, 9.17) is 0 Å².